The van der Waals surface area contributed by atoms with Crippen molar-refractivity contribution in [2.45, 2.75) is 19.4 Å². The molecule has 1 aliphatic heterocycles. The Bertz CT molecular complexity index is 917. The number of anilines is 2. The van der Waals surface area contributed by atoms with Gasteiger partial charge in [-0.1, -0.05) is 0 Å². The number of hydrogen-bond donors (Lipinski definition) is 1. The van der Waals surface area contributed by atoms with Gasteiger partial charge in [-0.25, -0.2) is 0 Å². The molecule has 8 nitrogen and oxygen atoms in total. The van der Waals surface area contributed by atoms with Crippen LogP contribution in [0.3, 0.4) is 0 Å². The van der Waals surface area contributed by atoms with E-state index in [4.69, 9.17) is 15.2 Å². The molecule has 0 saturated heterocycles. The van der Waals surface area contributed by atoms with E-state index in [2.05, 4.69) is 21.0 Å². The van der Waals surface area contributed by atoms with Crippen LogP contribution in [-0.2, 0) is 6.42 Å². The summed E-state index contributed by atoms with van der Waals surface area (Å²) in [6.45, 7) is 2.01. The Kier molecular flexibility index (Phi) is 4.63. The third kappa shape index (κ3) is 3.37. The second-order valence-corrected chi connectivity index (χ2v) is 6.22. The average Bonchev–Trinajstić information content (AvgIpc) is 2.96. The summed E-state index contributed by atoms with van der Waals surface area (Å²) in [5.74, 6) is 2.10. The highest BCUT2D eigenvalue weighted by Crippen LogP contribution is 2.36. The Morgan fingerprint density at radius 1 is 1.38 bits per heavy atom. The maximum Gasteiger partial charge on any atom is 0.230 e. The van der Waals surface area contributed by atoms with Gasteiger partial charge in [0.2, 0.25) is 11.9 Å². The van der Waals surface area contributed by atoms with Crippen LogP contribution in [0.1, 0.15) is 23.9 Å². The number of nitrogen functional groups attached to an aromatic ring is 1. The number of methoxy groups -OCH3 is 1. The molecule has 1 unspecified atom stereocenters. The fourth-order valence-electron chi connectivity index (χ4n) is 2.75. The Balaban J connectivity index is 2.08. The monoisotopic (exact) mass is 352 g/mol. The summed E-state index contributed by atoms with van der Waals surface area (Å²) in [4.78, 5) is 14.1. The van der Waals surface area contributed by atoms with Crippen LogP contribution in [0, 0.1) is 11.3 Å². The van der Waals surface area contributed by atoms with Gasteiger partial charge in [-0.15, -0.1) is 0 Å². The zero-order chi connectivity index (χ0) is 18.8. The molecular weight excluding hydrogens is 332 g/mol. The lowest BCUT2D eigenvalue weighted by Crippen LogP contribution is -2.15. The highest BCUT2D eigenvalue weighted by atomic mass is 16.5. The first-order chi connectivity index (χ1) is 12.4. The lowest BCUT2D eigenvalue weighted by Gasteiger charge is -2.11. The predicted molar refractivity (Wildman–Crippen MR) is 98.8 cm³/mol. The molecule has 2 heterocycles. The van der Waals surface area contributed by atoms with Crippen molar-refractivity contribution in [2.24, 2.45) is 0 Å². The molecule has 1 atom stereocenters. The van der Waals surface area contributed by atoms with Crippen molar-refractivity contribution < 1.29 is 9.47 Å². The Morgan fingerprint density at radius 3 is 2.81 bits per heavy atom. The summed E-state index contributed by atoms with van der Waals surface area (Å²) >= 11 is 0. The van der Waals surface area contributed by atoms with Crippen LogP contribution in [0.5, 0.6) is 11.5 Å². The first kappa shape index (κ1) is 17.5. The molecule has 134 valence electrons. The van der Waals surface area contributed by atoms with E-state index in [0.717, 1.165) is 17.7 Å². The number of aromatic nitrogens is 3. The molecule has 3 rings (SSSR count). The van der Waals surface area contributed by atoms with E-state index in [1.165, 1.54) is 0 Å². The van der Waals surface area contributed by atoms with Gasteiger partial charge in [-0.3, -0.25) is 0 Å². The molecule has 1 aliphatic rings. The minimum atomic E-state index is 0.0536. The molecule has 8 heteroatoms. The summed E-state index contributed by atoms with van der Waals surface area (Å²) in [6.07, 6.45) is 2.62. The summed E-state index contributed by atoms with van der Waals surface area (Å²) in [5, 5.41) is 9.62. The van der Waals surface area contributed by atoms with Crippen molar-refractivity contribution in [2.75, 3.05) is 31.8 Å². The number of ether oxygens (including phenoxy) is 2. The minimum absolute atomic E-state index is 0.0536. The number of nitriles is 1. The zero-order valence-corrected chi connectivity index (χ0v) is 15.1. The van der Waals surface area contributed by atoms with Gasteiger partial charge in [0.1, 0.15) is 23.7 Å². The van der Waals surface area contributed by atoms with Gasteiger partial charge in [-0.2, -0.15) is 20.2 Å². The topological polar surface area (TPSA) is 110 Å². The van der Waals surface area contributed by atoms with Crippen LogP contribution in [0.25, 0.3) is 11.6 Å². The van der Waals surface area contributed by atoms with E-state index in [9.17, 15) is 5.26 Å². The third-order valence-corrected chi connectivity index (χ3v) is 3.95. The van der Waals surface area contributed by atoms with E-state index in [1.807, 2.05) is 19.1 Å². The number of benzene rings is 1. The van der Waals surface area contributed by atoms with Gasteiger partial charge in [0, 0.05) is 31.6 Å². The second kappa shape index (κ2) is 6.88. The van der Waals surface area contributed by atoms with Crippen LogP contribution >= 0.6 is 0 Å². The number of allylic oxidation sites excluding steroid dienone is 1. The maximum atomic E-state index is 9.62. The fourth-order valence-corrected chi connectivity index (χ4v) is 2.75. The van der Waals surface area contributed by atoms with E-state index >= 15 is 0 Å². The summed E-state index contributed by atoms with van der Waals surface area (Å²) in [5.41, 5.74) is 7.81. The van der Waals surface area contributed by atoms with Crippen LogP contribution in [0.4, 0.5) is 11.9 Å². The molecule has 26 heavy (non-hydrogen) atoms. The Labute approximate surface area is 151 Å². The molecule has 2 aromatic rings. The van der Waals surface area contributed by atoms with E-state index in [-0.39, 0.29) is 23.4 Å². The van der Waals surface area contributed by atoms with Gasteiger partial charge in [0.05, 0.1) is 12.7 Å². The van der Waals surface area contributed by atoms with Gasteiger partial charge in [0.25, 0.3) is 0 Å². The van der Waals surface area contributed by atoms with E-state index in [0.29, 0.717) is 17.3 Å². The van der Waals surface area contributed by atoms with Crippen LogP contribution < -0.4 is 20.1 Å². The third-order valence-electron chi connectivity index (χ3n) is 3.95. The van der Waals surface area contributed by atoms with Gasteiger partial charge in [0.15, 0.2) is 5.82 Å². The number of hydrogen-bond acceptors (Lipinski definition) is 8. The lowest BCUT2D eigenvalue weighted by molar-refractivity contribution is 0.254. The Hall–Kier alpha value is -3.34. The molecule has 0 bridgehead atoms. The minimum Gasteiger partial charge on any atom is -0.496 e. The van der Waals surface area contributed by atoms with Crippen LogP contribution in [0.15, 0.2) is 12.1 Å². The number of fused-ring (bicyclic) bond motifs is 1. The fraction of sp³-hybridized carbons (Fsp3) is 0.333. The molecule has 2 N–H and O–H groups in total. The molecule has 0 fully saturated rings. The van der Waals surface area contributed by atoms with Crippen molar-refractivity contribution in [3.8, 4) is 17.6 Å². The molecule has 1 aromatic carbocycles. The van der Waals surface area contributed by atoms with Crippen molar-refractivity contribution in [3.63, 3.8) is 0 Å². The van der Waals surface area contributed by atoms with Crippen LogP contribution in [-0.4, -0.2) is 42.3 Å². The first-order valence-corrected chi connectivity index (χ1v) is 8.10. The van der Waals surface area contributed by atoms with E-state index < -0.39 is 0 Å². The SMILES string of the molecule is COc1cc2c(cc1/C=C(\C#N)c1nc(N)nc(N(C)C)n1)OC(C)C2. The number of rotatable bonds is 4. The first-order valence-electron chi connectivity index (χ1n) is 8.10. The average molecular weight is 352 g/mol. The standard InChI is InChI=1S/C18H20N6O2/c1-10-5-11-7-14(25-4)12(8-15(11)26-10)6-13(9-19)16-21-17(20)23-18(22-16)24(2)3/h6-8,10H,5H2,1-4H3,(H2,20,21,22,23)/b13-6+. The van der Waals surface area contributed by atoms with Crippen molar-refractivity contribution in [3.05, 3.63) is 29.1 Å². The normalized spacial score (nSPS) is 15.8. The van der Waals surface area contributed by atoms with Crippen molar-refractivity contribution in [1.29, 1.82) is 5.26 Å². The van der Waals surface area contributed by atoms with Crippen LogP contribution in [0.2, 0.25) is 0 Å². The number of nitrogens with two attached hydrogens (primary N) is 1. The molecule has 0 spiro atoms. The molecular formula is C18H20N6O2. The summed E-state index contributed by atoms with van der Waals surface area (Å²) < 4.78 is 11.3. The van der Waals surface area contributed by atoms with Gasteiger partial charge < -0.3 is 20.1 Å². The second-order valence-electron chi connectivity index (χ2n) is 6.22. The van der Waals surface area contributed by atoms with Gasteiger partial charge >= 0.3 is 0 Å². The largest absolute Gasteiger partial charge is 0.496 e. The molecule has 0 amide bonds. The maximum absolute atomic E-state index is 9.62. The molecule has 1 aromatic heterocycles. The van der Waals surface area contributed by atoms with Gasteiger partial charge in [-0.05, 0) is 25.1 Å². The number of nitrogens with zero attached hydrogens (tertiary/aromatic N) is 5. The van der Waals surface area contributed by atoms with E-state index in [1.54, 1.807) is 32.2 Å². The Morgan fingerprint density at radius 2 is 2.15 bits per heavy atom. The quantitative estimate of drug-likeness (QED) is 0.831. The molecule has 0 saturated carbocycles. The summed E-state index contributed by atoms with van der Waals surface area (Å²) in [6, 6.07) is 5.93. The van der Waals surface area contributed by atoms with Crippen molar-refractivity contribution in [1.82, 2.24) is 15.0 Å². The zero-order valence-electron chi connectivity index (χ0n) is 15.1. The molecule has 0 aliphatic carbocycles. The predicted octanol–water partition coefficient (Wildman–Crippen LogP) is 1.92. The summed E-state index contributed by atoms with van der Waals surface area (Å²) in [7, 11) is 5.17. The van der Waals surface area contributed by atoms with Crippen molar-refractivity contribution >= 4 is 23.5 Å². The highest BCUT2D eigenvalue weighted by Gasteiger charge is 2.22. The smallest absolute Gasteiger partial charge is 0.230 e. The highest BCUT2D eigenvalue weighted by molar-refractivity contribution is 5.89. The molecule has 0 radical (unpaired) electrons. The lowest BCUT2D eigenvalue weighted by atomic mass is 10.0.